The summed E-state index contributed by atoms with van der Waals surface area (Å²) in [6.07, 6.45) is 1.59. The summed E-state index contributed by atoms with van der Waals surface area (Å²) in [4.78, 5) is 0. The summed E-state index contributed by atoms with van der Waals surface area (Å²) >= 11 is 0. The minimum absolute atomic E-state index is 0.0738. The molecule has 33 heavy (non-hydrogen) atoms. The molecule has 5 nitrogen and oxygen atoms in total. The van der Waals surface area contributed by atoms with E-state index in [1.807, 2.05) is 31.2 Å². The Morgan fingerprint density at radius 3 is 2.24 bits per heavy atom. The summed E-state index contributed by atoms with van der Waals surface area (Å²) in [5.74, 6) is 0.0100. The molecule has 2 N–H and O–H groups in total. The quantitative estimate of drug-likeness (QED) is 0.438. The number of hydrogen-bond donors (Lipinski definition) is 2. The van der Waals surface area contributed by atoms with Gasteiger partial charge in [0.1, 0.15) is 24.0 Å². The van der Waals surface area contributed by atoms with Crippen LogP contribution in [0.4, 0.5) is 8.78 Å². The fraction of sp³-hybridized carbons (Fsp3) is 0.280. The predicted octanol–water partition coefficient (Wildman–Crippen LogP) is 4.16. The molecule has 176 valence electrons. The zero-order valence-corrected chi connectivity index (χ0v) is 19.5. The number of halogens is 2. The highest BCUT2D eigenvalue weighted by Crippen LogP contribution is 2.25. The monoisotopic (exact) mass is 474 g/mol. The number of nitrogens with one attached hydrogen (secondary N) is 2. The summed E-state index contributed by atoms with van der Waals surface area (Å²) in [6, 6.07) is 18.3. The maximum atomic E-state index is 13.7. The minimum atomic E-state index is -3.25. The van der Waals surface area contributed by atoms with E-state index in [2.05, 4.69) is 10.0 Å². The highest BCUT2D eigenvalue weighted by atomic mass is 32.2. The Bertz CT molecular complexity index is 1190. The third-order valence-corrected chi connectivity index (χ3v) is 5.69. The zero-order valence-electron chi connectivity index (χ0n) is 18.6. The molecule has 0 fully saturated rings. The Morgan fingerprint density at radius 2 is 1.58 bits per heavy atom. The Labute approximate surface area is 193 Å². The van der Waals surface area contributed by atoms with Crippen molar-refractivity contribution in [2.45, 2.75) is 32.5 Å². The Morgan fingerprint density at radius 1 is 0.909 bits per heavy atom. The van der Waals surface area contributed by atoms with Gasteiger partial charge in [0.05, 0.1) is 6.26 Å². The van der Waals surface area contributed by atoms with Gasteiger partial charge in [0.25, 0.3) is 0 Å². The molecule has 0 heterocycles. The first-order valence-corrected chi connectivity index (χ1v) is 12.5. The molecular weight excluding hydrogens is 446 g/mol. The van der Waals surface area contributed by atoms with E-state index in [1.54, 1.807) is 18.2 Å². The second kappa shape index (κ2) is 11.4. The number of sulfonamides is 1. The Balaban J connectivity index is 1.74. The lowest BCUT2D eigenvalue weighted by atomic mass is 10.0. The molecule has 3 aromatic carbocycles. The molecule has 0 unspecified atom stereocenters. The van der Waals surface area contributed by atoms with Crippen molar-refractivity contribution in [3.63, 3.8) is 0 Å². The summed E-state index contributed by atoms with van der Waals surface area (Å²) < 4.78 is 58.2. The van der Waals surface area contributed by atoms with Gasteiger partial charge in [-0.15, -0.1) is 0 Å². The van der Waals surface area contributed by atoms with Crippen LogP contribution < -0.4 is 14.8 Å². The second-order valence-electron chi connectivity index (χ2n) is 8.07. The summed E-state index contributed by atoms with van der Waals surface area (Å²) in [5, 5.41) is 3.29. The zero-order chi connectivity index (χ0) is 23.8. The first-order valence-electron chi connectivity index (χ1n) is 10.6. The molecule has 0 saturated carbocycles. The fourth-order valence-electron chi connectivity index (χ4n) is 3.32. The van der Waals surface area contributed by atoms with Crippen molar-refractivity contribution in [1.82, 2.24) is 10.0 Å². The SMILES string of the molecule is C[C@@H](CNS(C)(=O)=O)NCc1ccc(OCc2cccc(F)c2)c(Cc2cccc(F)c2)c1. The minimum Gasteiger partial charge on any atom is -0.489 e. The van der Waals surface area contributed by atoms with Gasteiger partial charge in [0.2, 0.25) is 10.0 Å². The lowest BCUT2D eigenvalue weighted by Gasteiger charge is -2.17. The molecule has 0 aromatic heterocycles. The van der Waals surface area contributed by atoms with E-state index in [0.29, 0.717) is 24.3 Å². The average Bonchev–Trinajstić information content (AvgIpc) is 2.75. The topological polar surface area (TPSA) is 67.4 Å². The predicted molar refractivity (Wildman–Crippen MR) is 126 cm³/mol. The van der Waals surface area contributed by atoms with Crippen molar-refractivity contribution in [1.29, 1.82) is 0 Å². The second-order valence-corrected chi connectivity index (χ2v) is 9.90. The number of ether oxygens (including phenoxy) is 1. The van der Waals surface area contributed by atoms with Crippen molar-refractivity contribution in [2.75, 3.05) is 12.8 Å². The van der Waals surface area contributed by atoms with Gasteiger partial charge in [-0.2, -0.15) is 0 Å². The summed E-state index contributed by atoms with van der Waals surface area (Å²) in [5.41, 5.74) is 3.37. The molecule has 3 rings (SSSR count). The molecule has 1 atom stereocenters. The first-order chi connectivity index (χ1) is 15.7. The molecule has 0 aliphatic rings. The number of benzene rings is 3. The van der Waals surface area contributed by atoms with Crippen LogP contribution in [0, 0.1) is 11.6 Å². The van der Waals surface area contributed by atoms with Crippen LogP contribution in [0.2, 0.25) is 0 Å². The smallest absolute Gasteiger partial charge is 0.208 e. The van der Waals surface area contributed by atoms with Gasteiger partial charge < -0.3 is 10.1 Å². The largest absolute Gasteiger partial charge is 0.489 e. The molecule has 0 spiro atoms. The van der Waals surface area contributed by atoms with E-state index in [1.165, 1.54) is 24.3 Å². The van der Waals surface area contributed by atoms with Crippen molar-refractivity contribution < 1.29 is 21.9 Å². The maximum Gasteiger partial charge on any atom is 0.208 e. The number of rotatable bonds is 11. The van der Waals surface area contributed by atoms with Crippen LogP contribution >= 0.6 is 0 Å². The van der Waals surface area contributed by atoms with Gasteiger partial charge in [-0.3, -0.25) is 0 Å². The normalized spacial score (nSPS) is 12.5. The van der Waals surface area contributed by atoms with Gasteiger partial charge >= 0.3 is 0 Å². The Hall–Kier alpha value is -2.81. The van der Waals surface area contributed by atoms with Crippen LogP contribution in [0.1, 0.15) is 29.2 Å². The van der Waals surface area contributed by atoms with Gasteiger partial charge in [-0.25, -0.2) is 21.9 Å². The molecule has 0 bridgehead atoms. The molecule has 3 aromatic rings. The van der Waals surface area contributed by atoms with Crippen molar-refractivity contribution in [3.8, 4) is 5.75 Å². The van der Waals surface area contributed by atoms with E-state index in [-0.39, 0.29) is 30.8 Å². The third-order valence-electron chi connectivity index (χ3n) is 5.00. The van der Waals surface area contributed by atoms with Crippen LogP contribution in [0.15, 0.2) is 66.7 Å². The molecule has 0 aliphatic carbocycles. The molecule has 8 heteroatoms. The standard InChI is InChI=1S/C25H28F2N2O3S/c1-18(15-29-33(2,30)31)28-16-20-9-10-25(32-17-21-6-4-8-24(27)14-21)22(12-20)11-19-5-3-7-23(26)13-19/h3-10,12-14,18,28-29H,11,15-17H2,1-2H3/t18-/m0/s1. The van der Waals surface area contributed by atoms with E-state index in [0.717, 1.165) is 22.9 Å². The van der Waals surface area contributed by atoms with E-state index in [9.17, 15) is 17.2 Å². The molecular formula is C25H28F2N2O3S. The number of hydrogen-bond acceptors (Lipinski definition) is 4. The lowest BCUT2D eigenvalue weighted by molar-refractivity contribution is 0.302. The molecule has 0 saturated heterocycles. The van der Waals surface area contributed by atoms with Crippen molar-refractivity contribution in [2.24, 2.45) is 0 Å². The van der Waals surface area contributed by atoms with Crippen LogP contribution in [0.3, 0.4) is 0 Å². The third kappa shape index (κ3) is 8.57. The molecule has 0 aliphatic heterocycles. The van der Waals surface area contributed by atoms with Gasteiger partial charge in [0.15, 0.2) is 0 Å². The molecule has 0 radical (unpaired) electrons. The van der Waals surface area contributed by atoms with Crippen molar-refractivity contribution in [3.05, 3.63) is 101 Å². The summed E-state index contributed by atoms with van der Waals surface area (Å²) in [6.45, 7) is 2.90. The van der Waals surface area contributed by atoms with Gasteiger partial charge in [-0.05, 0) is 59.5 Å². The van der Waals surface area contributed by atoms with Crippen LogP contribution in [0.25, 0.3) is 0 Å². The van der Waals surface area contributed by atoms with Crippen LogP contribution in [-0.4, -0.2) is 27.3 Å². The van der Waals surface area contributed by atoms with Crippen molar-refractivity contribution >= 4 is 10.0 Å². The highest BCUT2D eigenvalue weighted by Gasteiger charge is 2.10. The maximum absolute atomic E-state index is 13.7. The first kappa shape index (κ1) is 24.8. The van der Waals surface area contributed by atoms with E-state index in [4.69, 9.17) is 4.74 Å². The van der Waals surface area contributed by atoms with Gasteiger partial charge in [-0.1, -0.05) is 36.4 Å². The van der Waals surface area contributed by atoms with E-state index >= 15 is 0 Å². The highest BCUT2D eigenvalue weighted by molar-refractivity contribution is 7.88. The fourth-order valence-corrected chi connectivity index (χ4v) is 3.87. The summed E-state index contributed by atoms with van der Waals surface area (Å²) in [7, 11) is -3.25. The van der Waals surface area contributed by atoms with Crippen LogP contribution in [0.5, 0.6) is 5.75 Å². The van der Waals surface area contributed by atoms with E-state index < -0.39 is 10.0 Å². The van der Waals surface area contributed by atoms with Gasteiger partial charge in [0, 0.05) is 25.6 Å². The lowest BCUT2D eigenvalue weighted by Crippen LogP contribution is -2.38. The Kier molecular flexibility index (Phi) is 8.55. The molecule has 0 amide bonds. The average molecular weight is 475 g/mol. The van der Waals surface area contributed by atoms with Crippen LogP contribution in [-0.2, 0) is 29.6 Å².